The topological polar surface area (TPSA) is 65.6 Å². The van der Waals surface area contributed by atoms with Crippen LogP contribution in [0.25, 0.3) is 0 Å². The lowest BCUT2D eigenvalue weighted by Crippen LogP contribution is -2.51. The summed E-state index contributed by atoms with van der Waals surface area (Å²) in [7, 11) is 1.68. The Morgan fingerprint density at radius 2 is 1.90 bits per heavy atom. The molecule has 2 saturated heterocycles. The van der Waals surface area contributed by atoms with Gasteiger partial charge in [-0.3, -0.25) is 9.69 Å². The summed E-state index contributed by atoms with van der Waals surface area (Å²) in [4.78, 5) is 14.9. The van der Waals surface area contributed by atoms with Gasteiger partial charge in [-0.05, 0) is 55.2 Å². The van der Waals surface area contributed by atoms with E-state index in [1.54, 1.807) is 31.4 Å². The lowest BCUT2D eigenvalue weighted by molar-refractivity contribution is 0.0880. The molecule has 4 rings (SSSR count). The van der Waals surface area contributed by atoms with Gasteiger partial charge in [-0.15, -0.1) is 0 Å². The Balaban J connectivity index is 1.26. The van der Waals surface area contributed by atoms with Crippen LogP contribution in [0.4, 0.5) is 0 Å². The molecule has 0 spiro atoms. The Hall–Kier alpha value is -2.12. The maximum Gasteiger partial charge on any atom is 0.251 e. The van der Waals surface area contributed by atoms with E-state index in [0.717, 1.165) is 38.1 Å². The molecule has 2 unspecified atom stereocenters. The van der Waals surface area contributed by atoms with Crippen LogP contribution >= 0.6 is 11.6 Å². The number of hydrogen-bond acceptors (Lipinski definition) is 5. The highest BCUT2D eigenvalue weighted by Crippen LogP contribution is 2.27. The molecule has 2 aliphatic rings. The molecule has 7 heteroatoms. The SMILES string of the molecule is COc1ccc(C2CC(N3CCC(NC(=O)c4cccc(Cl)c4)CC3)NN2)cc1. The molecule has 29 heavy (non-hydrogen) atoms. The Morgan fingerprint density at radius 3 is 2.59 bits per heavy atom. The van der Waals surface area contributed by atoms with Crippen molar-refractivity contribution in [2.45, 2.75) is 37.5 Å². The molecule has 2 atom stereocenters. The van der Waals surface area contributed by atoms with Gasteiger partial charge in [-0.2, -0.15) is 0 Å². The summed E-state index contributed by atoms with van der Waals surface area (Å²) in [5, 5.41) is 3.73. The van der Waals surface area contributed by atoms with Crippen molar-refractivity contribution < 1.29 is 9.53 Å². The van der Waals surface area contributed by atoms with Gasteiger partial charge in [-0.1, -0.05) is 29.8 Å². The third-order valence-corrected chi connectivity index (χ3v) is 6.03. The first-order valence-corrected chi connectivity index (χ1v) is 10.5. The van der Waals surface area contributed by atoms with Crippen LogP contribution in [0, 0.1) is 0 Å². The van der Waals surface area contributed by atoms with Crippen molar-refractivity contribution in [3.8, 4) is 5.75 Å². The van der Waals surface area contributed by atoms with Crippen LogP contribution in [-0.4, -0.2) is 43.2 Å². The van der Waals surface area contributed by atoms with Crippen molar-refractivity contribution in [3.05, 3.63) is 64.7 Å². The highest BCUT2D eigenvalue weighted by Gasteiger charge is 2.32. The number of rotatable bonds is 5. The van der Waals surface area contributed by atoms with E-state index in [9.17, 15) is 4.79 Å². The van der Waals surface area contributed by atoms with E-state index >= 15 is 0 Å². The Labute approximate surface area is 176 Å². The molecule has 3 N–H and O–H groups in total. The molecular formula is C22H27ClN4O2. The number of methoxy groups -OCH3 is 1. The van der Waals surface area contributed by atoms with Gasteiger partial charge >= 0.3 is 0 Å². The summed E-state index contributed by atoms with van der Waals surface area (Å²) < 4.78 is 5.24. The fourth-order valence-corrected chi connectivity index (χ4v) is 4.28. The van der Waals surface area contributed by atoms with E-state index in [-0.39, 0.29) is 18.0 Å². The second-order valence-corrected chi connectivity index (χ2v) is 8.10. The van der Waals surface area contributed by atoms with Crippen molar-refractivity contribution in [3.63, 3.8) is 0 Å². The summed E-state index contributed by atoms with van der Waals surface area (Å²) in [6.45, 7) is 1.91. The monoisotopic (exact) mass is 414 g/mol. The number of hydrazine groups is 1. The molecular weight excluding hydrogens is 388 g/mol. The average Bonchev–Trinajstić information content (AvgIpc) is 3.24. The first-order valence-electron chi connectivity index (χ1n) is 10.1. The highest BCUT2D eigenvalue weighted by molar-refractivity contribution is 6.30. The smallest absolute Gasteiger partial charge is 0.251 e. The number of likely N-dealkylation sites (tertiary alicyclic amines) is 1. The van der Waals surface area contributed by atoms with Crippen LogP contribution in [0.3, 0.4) is 0 Å². The highest BCUT2D eigenvalue weighted by atomic mass is 35.5. The second-order valence-electron chi connectivity index (χ2n) is 7.66. The normalized spacial score (nSPS) is 23.1. The number of amides is 1. The van der Waals surface area contributed by atoms with Crippen LogP contribution in [0.5, 0.6) is 5.75 Å². The molecule has 2 heterocycles. The lowest BCUT2D eigenvalue weighted by Gasteiger charge is -2.35. The zero-order valence-electron chi connectivity index (χ0n) is 16.5. The van der Waals surface area contributed by atoms with Gasteiger partial charge in [0.05, 0.1) is 13.3 Å². The zero-order valence-corrected chi connectivity index (χ0v) is 17.3. The lowest BCUT2D eigenvalue weighted by atomic mass is 10.0. The molecule has 0 radical (unpaired) electrons. The largest absolute Gasteiger partial charge is 0.497 e. The second kappa shape index (κ2) is 9.13. The molecule has 2 aliphatic heterocycles. The van der Waals surface area contributed by atoms with Crippen LogP contribution in [0.15, 0.2) is 48.5 Å². The van der Waals surface area contributed by atoms with E-state index in [1.807, 2.05) is 12.1 Å². The predicted octanol–water partition coefficient (Wildman–Crippen LogP) is 3.11. The van der Waals surface area contributed by atoms with Gasteiger partial charge < -0.3 is 10.1 Å². The number of hydrogen-bond donors (Lipinski definition) is 3. The number of benzene rings is 2. The fourth-order valence-electron chi connectivity index (χ4n) is 4.09. The molecule has 2 aromatic carbocycles. The summed E-state index contributed by atoms with van der Waals surface area (Å²) in [6.07, 6.45) is 3.19. The van der Waals surface area contributed by atoms with Crippen LogP contribution in [0.1, 0.15) is 41.2 Å². The first-order chi connectivity index (χ1) is 14.1. The summed E-state index contributed by atoms with van der Waals surface area (Å²) in [5.74, 6) is 0.823. The van der Waals surface area contributed by atoms with Crippen molar-refractivity contribution in [2.75, 3.05) is 20.2 Å². The Kier molecular flexibility index (Phi) is 6.35. The number of nitrogens with one attached hydrogen (secondary N) is 3. The first kappa shape index (κ1) is 20.2. The third-order valence-electron chi connectivity index (χ3n) is 5.79. The molecule has 1 amide bonds. The van der Waals surface area contributed by atoms with E-state index in [1.165, 1.54) is 5.56 Å². The number of nitrogens with zero attached hydrogens (tertiary/aromatic N) is 1. The number of halogens is 1. The van der Waals surface area contributed by atoms with Gasteiger partial charge in [0.1, 0.15) is 5.75 Å². The zero-order chi connectivity index (χ0) is 20.2. The Morgan fingerprint density at radius 1 is 1.14 bits per heavy atom. The van der Waals surface area contributed by atoms with Gasteiger partial charge in [0.15, 0.2) is 0 Å². The van der Waals surface area contributed by atoms with Crippen LogP contribution in [0.2, 0.25) is 5.02 Å². The van der Waals surface area contributed by atoms with E-state index in [4.69, 9.17) is 16.3 Å². The molecule has 0 aliphatic carbocycles. The standard InChI is InChI=1S/C22H27ClN4O2/c1-29-19-7-5-15(6-8-19)20-14-21(26-25-20)27-11-9-18(10-12-27)24-22(28)16-3-2-4-17(23)13-16/h2-8,13,18,20-21,25-26H,9-12,14H2,1H3,(H,24,28). The van der Waals surface area contributed by atoms with Gasteiger partial charge in [0.25, 0.3) is 5.91 Å². The average molecular weight is 415 g/mol. The fraction of sp³-hybridized carbons (Fsp3) is 0.409. The third kappa shape index (κ3) is 4.90. The minimum Gasteiger partial charge on any atom is -0.497 e. The van der Waals surface area contributed by atoms with Crippen molar-refractivity contribution in [1.82, 2.24) is 21.1 Å². The molecule has 0 aromatic heterocycles. The van der Waals surface area contributed by atoms with Crippen molar-refractivity contribution >= 4 is 17.5 Å². The van der Waals surface area contributed by atoms with Gasteiger partial charge in [0.2, 0.25) is 0 Å². The molecule has 2 fully saturated rings. The number of carbonyl (C=O) groups excluding carboxylic acids is 1. The minimum absolute atomic E-state index is 0.0498. The number of ether oxygens (including phenoxy) is 1. The molecule has 6 nitrogen and oxygen atoms in total. The molecule has 154 valence electrons. The number of piperidine rings is 1. The van der Waals surface area contributed by atoms with Gasteiger partial charge in [0, 0.05) is 35.8 Å². The summed E-state index contributed by atoms with van der Waals surface area (Å²) >= 11 is 5.99. The minimum atomic E-state index is -0.0498. The molecule has 0 saturated carbocycles. The van der Waals surface area contributed by atoms with Gasteiger partial charge in [-0.25, -0.2) is 10.9 Å². The van der Waals surface area contributed by atoms with E-state index < -0.39 is 0 Å². The quantitative estimate of drug-likeness (QED) is 0.701. The van der Waals surface area contributed by atoms with E-state index in [0.29, 0.717) is 16.8 Å². The molecule has 0 bridgehead atoms. The van der Waals surface area contributed by atoms with Crippen molar-refractivity contribution in [2.24, 2.45) is 0 Å². The number of carbonyl (C=O) groups is 1. The molecule has 2 aromatic rings. The summed E-state index contributed by atoms with van der Waals surface area (Å²) in [5.41, 5.74) is 8.72. The maximum absolute atomic E-state index is 12.4. The predicted molar refractivity (Wildman–Crippen MR) is 114 cm³/mol. The van der Waals surface area contributed by atoms with E-state index in [2.05, 4.69) is 33.2 Å². The van der Waals surface area contributed by atoms with Crippen LogP contribution < -0.4 is 20.9 Å². The Bertz CT molecular complexity index is 837. The van der Waals surface area contributed by atoms with Crippen molar-refractivity contribution in [1.29, 1.82) is 0 Å². The van der Waals surface area contributed by atoms with Crippen LogP contribution in [-0.2, 0) is 0 Å². The summed E-state index contributed by atoms with van der Waals surface area (Å²) in [6, 6.07) is 15.8. The maximum atomic E-state index is 12.4.